The zero-order valence-electron chi connectivity index (χ0n) is 42.7. The van der Waals surface area contributed by atoms with Crippen LogP contribution in [0.3, 0.4) is 0 Å². The van der Waals surface area contributed by atoms with Crippen molar-refractivity contribution in [2.45, 2.75) is 117 Å². The van der Waals surface area contributed by atoms with Gasteiger partial charge >= 0.3 is 0 Å². The van der Waals surface area contributed by atoms with Gasteiger partial charge in [-0.3, -0.25) is 23.9 Å². The normalized spacial score (nSPS) is 16.0. The second-order valence-electron chi connectivity index (χ2n) is 19.7. The second-order valence-corrected chi connectivity index (χ2v) is 21.5. The summed E-state index contributed by atoms with van der Waals surface area (Å²) in [5.74, 6) is 0.109. The number of carbonyl (C=O) groups is 4. The summed E-state index contributed by atoms with van der Waals surface area (Å²) >= 11 is 3.11. The van der Waals surface area contributed by atoms with Gasteiger partial charge in [-0.05, 0) is 61.3 Å². The molecule has 1 aliphatic heterocycles. The van der Waals surface area contributed by atoms with Gasteiger partial charge in [0.15, 0.2) is 5.13 Å². The van der Waals surface area contributed by atoms with Crippen molar-refractivity contribution in [3.05, 3.63) is 88.4 Å². The molecule has 0 spiro atoms. The van der Waals surface area contributed by atoms with Crippen LogP contribution in [0.15, 0.2) is 65.7 Å². The van der Waals surface area contributed by atoms with Crippen molar-refractivity contribution in [3.8, 4) is 10.4 Å². The minimum atomic E-state index is -0.789. The molecule has 2 aliphatic rings. The SMILES string of the molecule is Cc1ncsc1-c1ccc(CNC(=O)[C@@H]2CCCN2C(=O)C(NC(=O)CCNCCn2cc(COCCOCCOCCNC(=O)C3(Cc4cccc(Nc5nccs5)n4)CCCCC3)nn2)C(C)(C)C)cc1. The minimum Gasteiger partial charge on any atom is -0.377 e. The van der Waals surface area contributed by atoms with Crippen LogP contribution < -0.4 is 26.6 Å². The number of carbonyl (C=O) groups excluding carboxylic acids is 4. The summed E-state index contributed by atoms with van der Waals surface area (Å²) in [4.78, 5) is 70.3. The number of rotatable bonds is 28. The summed E-state index contributed by atoms with van der Waals surface area (Å²) in [5, 5.41) is 26.7. The highest BCUT2D eigenvalue weighted by Crippen LogP contribution is 2.39. The van der Waals surface area contributed by atoms with Gasteiger partial charge in [0.1, 0.15) is 23.6 Å². The molecule has 4 amide bonds. The van der Waals surface area contributed by atoms with Crippen molar-refractivity contribution in [2.24, 2.45) is 10.8 Å². The average molecular weight is 1040 g/mol. The Morgan fingerprint density at radius 2 is 1.64 bits per heavy atom. The third kappa shape index (κ3) is 16.6. The van der Waals surface area contributed by atoms with Crippen LogP contribution in [-0.2, 0) is 59.5 Å². The zero-order chi connectivity index (χ0) is 51.5. The average Bonchev–Trinajstić information content (AvgIpc) is 4.24. The number of hydrogen-bond donors (Lipinski definition) is 5. The van der Waals surface area contributed by atoms with E-state index in [1.54, 1.807) is 27.1 Å². The van der Waals surface area contributed by atoms with E-state index in [1.165, 1.54) is 11.3 Å². The number of ether oxygens (including phenoxy) is 3. The van der Waals surface area contributed by atoms with E-state index in [2.05, 4.69) is 46.9 Å². The molecular weight excluding hydrogens is 969 g/mol. The largest absolute Gasteiger partial charge is 0.377 e. The van der Waals surface area contributed by atoms with Crippen LogP contribution in [-0.4, -0.2) is 130 Å². The van der Waals surface area contributed by atoms with Crippen molar-refractivity contribution in [1.82, 2.24) is 56.1 Å². The number of hydrogen-bond acceptors (Lipinski definition) is 16. The molecule has 1 saturated carbocycles. The molecular formula is C52H72N12O7S2. The van der Waals surface area contributed by atoms with Crippen LogP contribution in [0.1, 0.15) is 94.8 Å². The predicted octanol–water partition coefficient (Wildman–Crippen LogP) is 5.98. The van der Waals surface area contributed by atoms with Crippen LogP contribution in [0, 0.1) is 17.8 Å². The van der Waals surface area contributed by atoms with Crippen LogP contribution in [0.4, 0.5) is 10.9 Å². The molecule has 5 heterocycles. The first kappa shape index (κ1) is 55.0. The van der Waals surface area contributed by atoms with E-state index >= 15 is 0 Å². The summed E-state index contributed by atoms with van der Waals surface area (Å²) in [6.45, 7) is 12.8. The monoisotopic (exact) mass is 1040 g/mol. The number of amides is 4. The van der Waals surface area contributed by atoms with Gasteiger partial charge in [-0.2, -0.15) is 0 Å². The Bertz CT molecular complexity index is 2510. The number of likely N-dealkylation sites (tertiary alicyclic amines) is 1. The molecule has 394 valence electrons. The zero-order valence-corrected chi connectivity index (χ0v) is 44.3. The van der Waals surface area contributed by atoms with Gasteiger partial charge in [-0.1, -0.05) is 75.6 Å². The summed E-state index contributed by atoms with van der Waals surface area (Å²) in [7, 11) is 0. The van der Waals surface area contributed by atoms with Gasteiger partial charge in [0.2, 0.25) is 23.6 Å². The van der Waals surface area contributed by atoms with Crippen LogP contribution in [0.2, 0.25) is 0 Å². The molecule has 1 saturated heterocycles. The maximum Gasteiger partial charge on any atom is 0.246 e. The fourth-order valence-electron chi connectivity index (χ4n) is 9.19. The molecule has 73 heavy (non-hydrogen) atoms. The summed E-state index contributed by atoms with van der Waals surface area (Å²) < 4.78 is 18.9. The number of aromatic nitrogens is 6. The van der Waals surface area contributed by atoms with Crippen LogP contribution in [0.25, 0.3) is 10.4 Å². The maximum atomic E-state index is 14.0. The number of anilines is 2. The Morgan fingerprint density at radius 1 is 0.863 bits per heavy atom. The Hall–Kier alpha value is -5.71. The first-order valence-electron chi connectivity index (χ1n) is 25.5. The Balaban J connectivity index is 0.711. The van der Waals surface area contributed by atoms with Crippen molar-refractivity contribution in [3.63, 3.8) is 0 Å². The number of aryl methyl sites for hydroxylation is 1. The highest BCUT2D eigenvalue weighted by Gasteiger charge is 2.42. The van der Waals surface area contributed by atoms with E-state index in [9.17, 15) is 19.2 Å². The Kier molecular flexibility index (Phi) is 20.8. The predicted molar refractivity (Wildman–Crippen MR) is 281 cm³/mol. The molecule has 5 N–H and O–H groups in total. The quantitative estimate of drug-likeness (QED) is 0.0363. The summed E-state index contributed by atoms with van der Waals surface area (Å²) in [5.41, 5.74) is 5.41. The van der Waals surface area contributed by atoms with Crippen molar-refractivity contribution in [2.75, 3.05) is 64.5 Å². The van der Waals surface area contributed by atoms with E-state index in [0.29, 0.717) is 104 Å². The lowest BCUT2D eigenvalue weighted by Crippen LogP contribution is -2.57. The fourth-order valence-corrected chi connectivity index (χ4v) is 10.5. The van der Waals surface area contributed by atoms with Crippen LogP contribution >= 0.6 is 22.7 Å². The maximum absolute atomic E-state index is 14.0. The number of pyridine rings is 1. The van der Waals surface area contributed by atoms with Gasteiger partial charge in [0, 0.05) is 62.8 Å². The van der Waals surface area contributed by atoms with Gasteiger partial charge in [-0.25, -0.2) is 15.0 Å². The molecule has 4 aromatic heterocycles. The molecule has 1 unspecified atom stereocenters. The minimum absolute atomic E-state index is 0.0641. The molecule has 5 aromatic rings. The van der Waals surface area contributed by atoms with Gasteiger partial charge in [-0.15, -0.1) is 27.8 Å². The van der Waals surface area contributed by atoms with E-state index < -0.39 is 22.9 Å². The Labute approximate surface area is 436 Å². The standard InChI is InChI=1S/C52H72N12O7S2/c1-37-45(73-36-57-37)39-15-13-38(14-16-39)33-56-47(66)42-11-9-24-64(42)48(67)46(51(2,3)4)60-44(65)17-20-53-21-25-63-34-41(61-62-63)35-71-30-29-70-28-27-69-26-22-54-49(68)52(18-6-5-7-19-52)32-40-10-8-12-43(58-40)59-50-55-23-31-72-50/h8,10,12-16,23,31,34,36,42,46,53H,5-7,9,11,17-22,24-30,32-33,35H2,1-4H3,(H,54,68)(H,56,66)(H,60,65)(H,55,58,59)/t42-,46?/m0/s1. The number of thiazole rings is 2. The smallest absolute Gasteiger partial charge is 0.246 e. The summed E-state index contributed by atoms with van der Waals surface area (Å²) in [6.07, 6.45) is 10.5. The third-order valence-electron chi connectivity index (χ3n) is 13.1. The molecule has 1 aromatic carbocycles. The molecule has 2 fully saturated rings. The fraction of sp³-hybridized carbons (Fsp3) is 0.558. The molecule has 2 atom stereocenters. The van der Waals surface area contributed by atoms with E-state index in [1.807, 2.05) is 87.2 Å². The highest BCUT2D eigenvalue weighted by atomic mass is 32.1. The molecule has 21 heteroatoms. The van der Waals surface area contributed by atoms with E-state index in [0.717, 1.165) is 70.4 Å². The van der Waals surface area contributed by atoms with Gasteiger partial charge < -0.3 is 45.7 Å². The van der Waals surface area contributed by atoms with Crippen LogP contribution in [0.5, 0.6) is 0 Å². The topological polar surface area (TPSA) is 229 Å². The molecule has 0 radical (unpaired) electrons. The molecule has 19 nitrogen and oxygen atoms in total. The molecule has 1 aliphatic carbocycles. The Morgan fingerprint density at radius 3 is 2.38 bits per heavy atom. The number of nitrogens with zero attached hydrogens (tertiary/aromatic N) is 7. The van der Waals surface area contributed by atoms with Gasteiger partial charge in [0.25, 0.3) is 0 Å². The molecule has 0 bridgehead atoms. The van der Waals surface area contributed by atoms with E-state index in [-0.39, 0.29) is 30.0 Å². The third-order valence-corrected chi connectivity index (χ3v) is 14.8. The van der Waals surface area contributed by atoms with Crippen molar-refractivity contribution in [1.29, 1.82) is 0 Å². The second kappa shape index (κ2) is 27.5. The van der Waals surface area contributed by atoms with E-state index in [4.69, 9.17) is 19.2 Å². The summed E-state index contributed by atoms with van der Waals surface area (Å²) in [6, 6.07) is 12.6. The number of nitrogens with one attached hydrogen (secondary N) is 5. The molecule has 7 rings (SSSR count). The first-order chi connectivity index (χ1) is 35.4. The number of benzene rings is 1. The van der Waals surface area contributed by atoms with Gasteiger partial charge in [0.05, 0.1) is 73.9 Å². The lowest BCUT2D eigenvalue weighted by molar-refractivity contribution is -0.143. The lowest BCUT2D eigenvalue weighted by atomic mass is 9.70. The first-order valence-corrected chi connectivity index (χ1v) is 27.2. The highest BCUT2D eigenvalue weighted by molar-refractivity contribution is 7.13. The van der Waals surface area contributed by atoms with Crippen molar-refractivity contribution >= 4 is 57.3 Å². The lowest BCUT2D eigenvalue weighted by Gasteiger charge is -2.35. The van der Waals surface area contributed by atoms with Crippen molar-refractivity contribution < 1.29 is 33.4 Å².